The van der Waals surface area contributed by atoms with Gasteiger partial charge in [-0.15, -0.1) is 0 Å². The summed E-state index contributed by atoms with van der Waals surface area (Å²) in [6.45, 7) is 0.627. The maximum Gasteiger partial charge on any atom is 0.282 e. The molecule has 5 nitrogen and oxygen atoms in total. The van der Waals surface area contributed by atoms with Gasteiger partial charge in [-0.3, -0.25) is 4.79 Å². The van der Waals surface area contributed by atoms with Gasteiger partial charge in [-0.2, -0.15) is 5.10 Å². The number of anilines is 1. The van der Waals surface area contributed by atoms with E-state index in [0.717, 1.165) is 12.2 Å². The second-order valence-electron chi connectivity index (χ2n) is 4.73. The Hall–Kier alpha value is -1.82. The molecule has 1 aliphatic heterocycles. The number of halogens is 1. The summed E-state index contributed by atoms with van der Waals surface area (Å²) in [6, 6.07) is 8.03. The lowest BCUT2D eigenvalue weighted by Gasteiger charge is -2.13. The van der Waals surface area contributed by atoms with Crippen LogP contribution in [0.1, 0.15) is 5.56 Å². The maximum absolute atomic E-state index is 11.7. The van der Waals surface area contributed by atoms with E-state index in [1.807, 2.05) is 18.2 Å². The second-order valence-corrected chi connectivity index (χ2v) is 5.53. The number of rotatable bonds is 3. The van der Waals surface area contributed by atoms with Crippen LogP contribution in [0.25, 0.3) is 0 Å². The zero-order valence-corrected chi connectivity index (χ0v) is 12.6. The first-order valence-electron chi connectivity index (χ1n) is 6.35. The molecule has 0 fully saturated rings. The van der Waals surface area contributed by atoms with E-state index in [-0.39, 0.29) is 11.7 Å². The van der Waals surface area contributed by atoms with Crippen LogP contribution in [0.4, 0.5) is 5.69 Å². The van der Waals surface area contributed by atoms with Crippen molar-refractivity contribution >= 4 is 21.6 Å². The van der Waals surface area contributed by atoms with Gasteiger partial charge in [0.2, 0.25) is 0 Å². The van der Waals surface area contributed by atoms with E-state index in [0.29, 0.717) is 16.7 Å². The fourth-order valence-electron chi connectivity index (χ4n) is 2.23. The minimum absolute atomic E-state index is 0.0726. The molecule has 0 saturated carbocycles. The summed E-state index contributed by atoms with van der Waals surface area (Å²) >= 11 is 3.29. The predicted octanol–water partition coefficient (Wildman–Crippen LogP) is 1.96. The van der Waals surface area contributed by atoms with Crippen molar-refractivity contribution in [1.29, 1.82) is 0 Å². The highest BCUT2D eigenvalue weighted by Crippen LogP contribution is 2.28. The Balaban J connectivity index is 1.68. The number of ether oxygens (including phenoxy) is 1. The van der Waals surface area contributed by atoms with Gasteiger partial charge >= 0.3 is 0 Å². The molecule has 0 spiro atoms. The van der Waals surface area contributed by atoms with Crippen molar-refractivity contribution in [3.05, 3.63) is 50.9 Å². The zero-order valence-electron chi connectivity index (χ0n) is 11.0. The van der Waals surface area contributed by atoms with Gasteiger partial charge in [0.15, 0.2) is 0 Å². The molecule has 1 aromatic heterocycles. The Labute approximate surface area is 124 Å². The van der Waals surface area contributed by atoms with Crippen LogP contribution in [0.2, 0.25) is 0 Å². The van der Waals surface area contributed by atoms with Gasteiger partial charge in [0.05, 0.1) is 18.4 Å². The number of hydrogen-bond donors (Lipinski definition) is 1. The summed E-state index contributed by atoms with van der Waals surface area (Å²) in [5.74, 6) is 0.945. The van der Waals surface area contributed by atoms with Gasteiger partial charge in [0.25, 0.3) is 5.56 Å². The molecule has 6 heteroatoms. The minimum atomic E-state index is -0.161. The summed E-state index contributed by atoms with van der Waals surface area (Å²) in [4.78, 5) is 11.7. The molecule has 0 amide bonds. The van der Waals surface area contributed by atoms with Crippen LogP contribution in [0.3, 0.4) is 0 Å². The monoisotopic (exact) mass is 335 g/mol. The Kier molecular flexibility index (Phi) is 3.48. The molecular formula is C14H14BrN3O2. The van der Waals surface area contributed by atoms with Crippen molar-refractivity contribution in [2.45, 2.75) is 12.5 Å². The number of aromatic nitrogens is 2. The van der Waals surface area contributed by atoms with Gasteiger partial charge in [0, 0.05) is 13.5 Å². The third kappa shape index (κ3) is 2.43. The van der Waals surface area contributed by atoms with Crippen molar-refractivity contribution in [3.63, 3.8) is 0 Å². The first-order valence-corrected chi connectivity index (χ1v) is 7.14. The van der Waals surface area contributed by atoms with Gasteiger partial charge in [0.1, 0.15) is 16.3 Å². The van der Waals surface area contributed by atoms with Crippen molar-refractivity contribution < 1.29 is 4.74 Å². The molecule has 0 aliphatic carbocycles. The van der Waals surface area contributed by atoms with Gasteiger partial charge < -0.3 is 10.1 Å². The average Bonchev–Trinajstić information content (AvgIpc) is 2.87. The van der Waals surface area contributed by atoms with E-state index >= 15 is 0 Å². The highest BCUT2D eigenvalue weighted by molar-refractivity contribution is 9.10. The number of fused-ring (bicyclic) bond motifs is 1. The SMILES string of the molecule is Cn1ncc(NCC2Cc3ccccc3O2)c(Br)c1=O. The predicted molar refractivity (Wildman–Crippen MR) is 80.2 cm³/mol. The highest BCUT2D eigenvalue weighted by Gasteiger charge is 2.22. The molecule has 2 heterocycles. The molecule has 3 rings (SSSR count). The Morgan fingerprint density at radius 3 is 3.10 bits per heavy atom. The molecule has 1 aliphatic rings. The number of nitrogens with zero attached hydrogens (tertiary/aromatic N) is 2. The first-order chi connectivity index (χ1) is 9.65. The minimum Gasteiger partial charge on any atom is -0.488 e. The lowest BCUT2D eigenvalue weighted by atomic mass is 10.1. The molecule has 0 bridgehead atoms. The fraction of sp³-hybridized carbons (Fsp3) is 0.286. The van der Waals surface area contributed by atoms with E-state index < -0.39 is 0 Å². The van der Waals surface area contributed by atoms with Crippen molar-refractivity contribution in [2.75, 3.05) is 11.9 Å². The van der Waals surface area contributed by atoms with E-state index in [4.69, 9.17) is 4.74 Å². The molecule has 20 heavy (non-hydrogen) atoms. The van der Waals surface area contributed by atoms with Crippen molar-refractivity contribution in [2.24, 2.45) is 7.05 Å². The number of hydrogen-bond acceptors (Lipinski definition) is 4. The standard InChI is InChI=1S/C14H14BrN3O2/c1-18-14(19)13(15)11(8-17-18)16-7-10-6-9-4-2-3-5-12(9)20-10/h2-5,8,10,16H,6-7H2,1H3. The van der Waals surface area contributed by atoms with Crippen molar-refractivity contribution in [3.8, 4) is 5.75 Å². The van der Waals surface area contributed by atoms with E-state index in [1.165, 1.54) is 10.2 Å². The normalized spacial score (nSPS) is 16.6. The van der Waals surface area contributed by atoms with Gasteiger partial charge in [-0.05, 0) is 27.6 Å². The van der Waals surface area contributed by atoms with Gasteiger partial charge in [-0.1, -0.05) is 18.2 Å². The summed E-state index contributed by atoms with van der Waals surface area (Å²) in [5, 5.41) is 7.21. The molecule has 0 saturated heterocycles. The van der Waals surface area contributed by atoms with Crippen LogP contribution in [0.15, 0.2) is 39.7 Å². The van der Waals surface area contributed by atoms with Gasteiger partial charge in [-0.25, -0.2) is 4.68 Å². The lowest BCUT2D eigenvalue weighted by molar-refractivity contribution is 0.246. The number of nitrogens with one attached hydrogen (secondary N) is 1. The number of benzene rings is 1. The molecule has 1 unspecified atom stereocenters. The maximum atomic E-state index is 11.7. The topological polar surface area (TPSA) is 56.1 Å². The molecule has 1 N–H and O–H groups in total. The third-order valence-electron chi connectivity index (χ3n) is 3.31. The van der Waals surface area contributed by atoms with Crippen LogP contribution < -0.4 is 15.6 Å². The highest BCUT2D eigenvalue weighted by atomic mass is 79.9. The molecule has 0 radical (unpaired) electrons. The van der Waals surface area contributed by atoms with Crippen LogP contribution in [-0.2, 0) is 13.5 Å². The average molecular weight is 336 g/mol. The van der Waals surface area contributed by atoms with Crippen LogP contribution in [-0.4, -0.2) is 22.4 Å². The molecule has 1 aromatic carbocycles. The smallest absolute Gasteiger partial charge is 0.282 e. The zero-order chi connectivity index (χ0) is 14.1. The second kappa shape index (κ2) is 5.28. The van der Waals surface area contributed by atoms with Crippen molar-refractivity contribution in [1.82, 2.24) is 9.78 Å². The quantitative estimate of drug-likeness (QED) is 0.931. The first kappa shape index (κ1) is 13.2. The Bertz CT molecular complexity index is 674. The summed E-state index contributed by atoms with van der Waals surface area (Å²) in [7, 11) is 1.62. The largest absolute Gasteiger partial charge is 0.488 e. The van der Waals surface area contributed by atoms with E-state index in [2.05, 4.69) is 32.4 Å². The molecule has 1 atom stereocenters. The Morgan fingerprint density at radius 2 is 2.30 bits per heavy atom. The summed E-state index contributed by atoms with van der Waals surface area (Å²) in [6.07, 6.45) is 2.58. The summed E-state index contributed by atoms with van der Waals surface area (Å²) < 4.78 is 7.62. The van der Waals surface area contributed by atoms with E-state index in [1.54, 1.807) is 13.2 Å². The number of para-hydroxylation sites is 1. The van der Waals surface area contributed by atoms with Crippen LogP contribution in [0, 0.1) is 0 Å². The van der Waals surface area contributed by atoms with Crippen LogP contribution in [0.5, 0.6) is 5.75 Å². The molecule has 2 aromatic rings. The van der Waals surface area contributed by atoms with Crippen LogP contribution >= 0.6 is 15.9 Å². The molecule has 104 valence electrons. The lowest BCUT2D eigenvalue weighted by Crippen LogP contribution is -2.26. The number of aryl methyl sites for hydroxylation is 1. The molecular weight excluding hydrogens is 322 g/mol. The third-order valence-corrected chi connectivity index (χ3v) is 4.08. The summed E-state index contributed by atoms with van der Waals surface area (Å²) in [5.41, 5.74) is 1.75. The van der Waals surface area contributed by atoms with E-state index in [9.17, 15) is 4.79 Å². The fourth-order valence-corrected chi connectivity index (χ4v) is 2.72. The Morgan fingerprint density at radius 1 is 1.50 bits per heavy atom.